The van der Waals surface area contributed by atoms with Crippen molar-refractivity contribution in [3.8, 4) is 23.2 Å². The van der Waals surface area contributed by atoms with Gasteiger partial charge < -0.3 is 4.52 Å². The molecule has 1 N–H and O–H groups in total. The summed E-state index contributed by atoms with van der Waals surface area (Å²) in [5.74, 6) is 1.23. The van der Waals surface area contributed by atoms with Gasteiger partial charge in [0.1, 0.15) is 12.0 Å². The topological polar surface area (TPSA) is 93.4 Å². The number of aryl methyl sites for hydroxylation is 1. The average Bonchev–Trinajstić information content (AvgIpc) is 2.97. The molecule has 0 bridgehead atoms. The molecule has 0 aromatic carbocycles. The summed E-state index contributed by atoms with van der Waals surface area (Å²) < 4.78 is 5.08. The van der Waals surface area contributed by atoms with E-state index < -0.39 is 0 Å². The Bertz CT molecular complexity index is 598. The molecule has 3 heterocycles. The number of thiazole rings is 1. The van der Waals surface area contributed by atoms with E-state index in [1.165, 1.54) is 17.7 Å². The number of hydrogen-bond donors (Lipinski definition) is 1. The number of aromatic amines is 1. The minimum atomic E-state index is 0.373. The van der Waals surface area contributed by atoms with E-state index in [1.54, 1.807) is 0 Å². The van der Waals surface area contributed by atoms with Crippen molar-refractivity contribution in [1.29, 1.82) is 0 Å². The van der Waals surface area contributed by atoms with Crippen molar-refractivity contribution in [3.63, 3.8) is 0 Å². The quantitative estimate of drug-likeness (QED) is 0.718. The molecule has 0 amide bonds. The third-order valence-corrected chi connectivity index (χ3v) is 2.66. The Labute approximate surface area is 93.6 Å². The molecule has 0 aliphatic rings. The Morgan fingerprint density at radius 2 is 2.31 bits per heavy atom. The lowest BCUT2D eigenvalue weighted by Crippen LogP contribution is -1.83. The summed E-state index contributed by atoms with van der Waals surface area (Å²) in [6.45, 7) is 1.92. The Kier molecular flexibility index (Phi) is 2.00. The summed E-state index contributed by atoms with van der Waals surface area (Å²) in [6, 6.07) is 0. The molecule has 0 saturated carbocycles. The van der Waals surface area contributed by atoms with Gasteiger partial charge in [0.25, 0.3) is 5.89 Å². The minimum Gasteiger partial charge on any atom is -0.332 e. The van der Waals surface area contributed by atoms with Crippen molar-refractivity contribution >= 4 is 11.3 Å². The van der Waals surface area contributed by atoms with E-state index in [1.807, 2.05) is 12.3 Å². The first-order valence-electron chi connectivity index (χ1n) is 4.45. The number of H-pyrrole nitrogens is 1. The summed E-state index contributed by atoms with van der Waals surface area (Å²) in [5.41, 5.74) is 0.681. The number of hydrogen-bond acceptors (Lipinski definition) is 7. The molecule has 16 heavy (non-hydrogen) atoms. The maximum absolute atomic E-state index is 5.08. The summed E-state index contributed by atoms with van der Waals surface area (Å²) in [6.07, 6.45) is 1.39. The van der Waals surface area contributed by atoms with Crippen LogP contribution in [0.4, 0.5) is 0 Å². The second-order valence-corrected chi connectivity index (χ2v) is 4.07. The molecule has 0 spiro atoms. The van der Waals surface area contributed by atoms with Gasteiger partial charge in [0.15, 0.2) is 5.82 Å². The molecule has 0 aliphatic carbocycles. The molecule has 0 fully saturated rings. The zero-order valence-corrected chi connectivity index (χ0v) is 9.02. The van der Waals surface area contributed by atoms with Crippen LogP contribution >= 0.6 is 11.3 Å². The lowest BCUT2D eigenvalue weighted by molar-refractivity contribution is 0.430. The van der Waals surface area contributed by atoms with Crippen LogP contribution in [0.5, 0.6) is 0 Å². The molecular formula is C8H6N6OS. The molecule has 0 aliphatic heterocycles. The molecule has 0 saturated heterocycles. The number of nitrogens with zero attached hydrogens (tertiary/aromatic N) is 5. The highest BCUT2D eigenvalue weighted by Crippen LogP contribution is 2.21. The molecule has 3 rings (SSSR count). The molecule has 8 heteroatoms. The van der Waals surface area contributed by atoms with E-state index in [9.17, 15) is 0 Å². The van der Waals surface area contributed by atoms with Crippen LogP contribution in [0, 0.1) is 6.92 Å². The molecule has 3 aromatic rings. The zero-order valence-electron chi connectivity index (χ0n) is 8.21. The fourth-order valence-electron chi connectivity index (χ4n) is 1.20. The third kappa shape index (κ3) is 1.48. The first-order chi connectivity index (χ1) is 7.83. The van der Waals surface area contributed by atoms with Crippen molar-refractivity contribution in [1.82, 2.24) is 30.3 Å². The van der Waals surface area contributed by atoms with E-state index in [0.717, 1.165) is 5.01 Å². The summed E-state index contributed by atoms with van der Waals surface area (Å²) in [5, 5.41) is 13.0. The largest absolute Gasteiger partial charge is 0.332 e. The number of nitrogens with one attached hydrogen (secondary N) is 1. The molecule has 3 aromatic heterocycles. The van der Waals surface area contributed by atoms with E-state index in [0.29, 0.717) is 23.2 Å². The highest BCUT2D eigenvalue weighted by atomic mass is 32.1. The van der Waals surface area contributed by atoms with Gasteiger partial charge in [0.2, 0.25) is 5.82 Å². The maximum Gasteiger partial charge on any atom is 0.277 e. The van der Waals surface area contributed by atoms with Crippen molar-refractivity contribution in [2.75, 3.05) is 0 Å². The van der Waals surface area contributed by atoms with Gasteiger partial charge in [0.05, 0.1) is 5.01 Å². The highest BCUT2D eigenvalue weighted by molar-refractivity contribution is 7.09. The van der Waals surface area contributed by atoms with Crippen molar-refractivity contribution in [2.24, 2.45) is 0 Å². The predicted molar refractivity (Wildman–Crippen MR) is 55.5 cm³/mol. The van der Waals surface area contributed by atoms with Crippen LogP contribution in [0.25, 0.3) is 23.2 Å². The van der Waals surface area contributed by atoms with Gasteiger partial charge >= 0.3 is 0 Å². The second kappa shape index (κ2) is 3.49. The van der Waals surface area contributed by atoms with Crippen LogP contribution in [0.3, 0.4) is 0 Å². The summed E-state index contributed by atoms with van der Waals surface area (Å²) >= 11 is 1.53. The molecule has 0 unspecified atom stereocenters. The van der Waals surface area contributed by atoms with Crippen LogP contribution in [0.15, 0.2) is 16.2 Å². The number of rotatable bonds is 2. The SMILES string of the molecule is Cc1nc(-c2nc(-c3ncn[nH]3)no2)cs1. The van der Waals surface area contributed by atoms with Crippen molar-refractivity contribution < 1.29 is 4.52 Å². The van der Waals surface area contributed by atoms with E-state index in [4.69, 9.17) is 4.52 Å². The molecule has 0 atom stereocenters. The van der Waals surface area contributed by atoms with Gasteiger partial charge in [-0.05, 0) is 6.92 Å². The monoisotopic (exact) mass is 234 g/mol. The normalized spacial score (nSPS) is 10.8. The van der Waals surface area contributed by atoms with Gasteiger partial charge in [0, 0.05) is 5.38 Å². The standard InChI is InChI=1S/C8H6N6OS/c1-4-11-5(2-16-4)8-12-7(14-15-8)6-9-3-10-13-6/h2-3H,1H3,(H,9,10,13). The van der Waals surface area contributed by atoms with Gasteiger partial charge in [-0.3, -0.25) is 5.10 Å². The Balaban J connectivity index is 2.00. The summed E-state index contributed by atoms with van der Waals surface area (Å²) in [7, 11) is 0. The Hall–Kier alpha value is -2.09. The number of aromatic nitrogens is 6. The van der Waals surface area contributed by atoms with Gasteiger partial charge in [-0.1, -0.05) is 5.16 Å². The fourth-order valence-corrected chi connectivity index (χ4v) is 1.79. The van der Waals surface area contributed by atoms with Crippen LogP contribution in [0.2, 0.25) is 0 Å². The molecule has 7 nitrogen and oxygen atoms in total. The van der Waals surface area contributed by atoms with E-state index in [2.05, 4.69) is 30.3 Å². The van der Waals surface area contributed by atoms with Crippen LogP contribution in [-0.2, 0) is 0 Å². The molecule has 80 valence electrons. The van der Waals surface area contributed by atoms with Crippen LogP contribution in [-0.4, -0.2) is 30.3 Å². The second-order valence-electron chi connectivity index (χ2n) is 3.01. The smallest absolute Gasteiger partial charge is 0.277 e. The first kappa shape index (κ1) is 9.16. The van der Waals surface area contributed by atoms with E-state index >= 15 is 0 Å². The predicted octanol–water partition coefficient (Wildman–Crippen LogP) is 1.29. The summed E-state index contributed by atoms with van der Waals surface area (Å²) in [4.78, 5) is 12.3. The van der Waals surface area contributed by atoms with Crippen LogP contribution < -0.4 is 0 Å². The fraction of sp³-hybridized carbons (Fsp3) is 0.125. The lowest BCUT2D eigenvalue weighted by Gasteiger charge is -1.82. The maximum atomic E-state index is 5.08. The lowest BCUT2D eigenvalue weighted by atomic mass is 10.5. The Morgan fingerprint density at radius 1 is 1.38 bits per heavy atom. The van der Waals surface area contributed by atoms with Gasteiger partial charge in [-0.15, -0.1) is 11.3 Å². The first-order valence-corrected chi connectivity index (χ1v) is 5.33. The minimum absolute atomic E-state index is 0.373. The van der Waals surface area contributed by atoms with E-state index in [-0.39, 0.29) is 0 Å². The highest BCUT2D eigenvalue weighted by Gasteiger charge is 2.14. The van der Waals surface area contributed by atoms with Crippen LogP contribution in [0.1, 0.15) is 5.01 Å². The van der Waals surface area contributed by atoms with Gasteiger partial charge in [-0.2, -0.15) is 10.1 Å². The third-order valence-electron chi connectivity index (χ3n) is 1.89. The van der Waals surface area contributed by atoms with Crippen molar-refractivity contribution in [3.05, 3.63) is 16.7 Å². The van der Waals surface area contributed by atoms with Gasteiger partial charge in [-0.25, -0.2) is 9.97 Å². The molecule has 0 radical (unpaired) electrons. The zero-order chi connectivity index (χ0) is 11.0. The van der Waals surface area contributed by atoms with Crippen molar-refractivity contribution in [2.45, 2.75) is 6.92 Å². The molecular weight excluding hydrogens is 228 g/mol. The Morgan fingerprint density at radius 3 is 3.00 bits per heavy atom. The average molecular weight is 234 g/mol.